The number of amides is 1. The van der Waals surface area contributed by atoms with Gasteiger partial charge in [-0.1, -0.05) is 251 Å². The maximum Gasteiger partial charge on any atom is 0.472 e. The number of hydrogen-bond donors (Lipinski definition) is 3. The number of aliphatic hydroxyl groups is 1. The fraction of sp³-hybridized carbons (Fsp3) is 0.980. The molecule has 0 rings (SSSR count). The monoisotopic (exact) mass is 874 g/mol. The molecule has 0 aliphatic heterocycles. The van der Waals surface area contributed by atoms with Crippen LogP contribution in [0.4, 0.5) is 0 Å². The second-order valence-corrected chi connectivity index (χ2v) is 21.1. The van der Waals surface area contributed by atoms with Gasteiger partial charge in [0.15, 0.2) is 0 Å². The van der Waals surface area contributed by atoms with E-state index in [2.05, 4.69) is 19.2 Å². The molecule has 0 aromatic carbocycles. The Balaban J connectivity index is 4.12. The molecule has 0 spiro atoms. The second-order valence-electron chi connectivity index (χ2n) is 19.6. The molecule has 3 N–H and O–H groups in total. The highest BCUT2D eigenvalue weighted by atomic mass is 31.2. The highest BCUT2D eigenvalue weighted by molar-refractivity contribution is 7.47. The number of likely N-dealkylation sites (N-methyl/N-ethyl adjacent to an activating group) is 1. The number of carbonyl (C=O) groups excluding carboxylic acids is 1. The van der Waals surface area contributed by atoms with Crippen LogP contribution < -0.4 is 5.32 Å². The molecule has 0 radical (unpaired) electrons. The predicted octanol–water partition coefficient (Wildman–Crippen LogP) is 15.3. The zero-order valence-corrected chi connectivity index (χ0v) is 41.9. The van der Waals surface area contributed by atoms with E-state index in [4.69, 9.17) is 9.05 Å². The maximum atomic E-state index is 12.9. The first-order chi connectivity index (χ1) is 29.0. The second kappa shape index (κ2) is 43.7. The van der Waals surface area contributed by atoms with Crippen molar-refractivity contribution in [2.75, 3.05) is 40.9 Å². The quantitative estimate of drug-likeness (QED) is 0.0319. The minimum atomic E-state index is -4.31. The summed E-state index contributed by atoms with van der Waals surface area (Å²) in [4.78, 5) is 23.2. The number of rotatable bonds is 49. The van der Waals surface area contributed by atoms with Crippen molar-refractivity contribution in [1.82, 2.24) is 5.32 Å². The van der Waals surface area contributed by atoms with Gasteiger partial charge in [0.1, 0.15) is 13.2 Å². The Hall–Kier alpha value is -0.500. The highest BCUT2D eigenvalue weighted by Crippen LogP contribution is 2.43. The third-order valence-electron chi connectivity index (χ3n) is 12.4. The summed E-state index contributed by atoms with van der Waals surface area (Å²) >= 11 is 0. The van der Waals surface area contributed by atoms with E-state index in [1.54, 1.807) is 0 Å². The van der Waals surface area contributed by atoms with Crippen LogP contribution in [0.15, 0.2) is 0 Å². The van der Waals surface area contributed by atoms with Crippen molar-refractivity contribution in [3.63, 3.8) is 0 Å². The molecule has 9 heteroatoms. The topological polar surface area (TPSA) is 105 Å². The predicted molar refractivity (Wildman–Crippen MR) is 259 cm³/mol. The number of nitrogens with zero attached hydrogens (tertiary/aromatic N) is 1. The molecule has 360 valence electrons. The van der Waals surface area contributed by atoms with E-state index in [0.29, 0.717) is 23.9 Å². The molecule has 0 aromatic rings. The lowest BCUT2D eigenvalue weighted by atomic mass is 10.0. The lowest BCUT2D eigenvalue weighted by molar-refractivity contribution is -0.870. The fourth-order valence-corrected chi connectivity index (χ4v) is 8.90. The van der Waals surface area contributed by atoms with Gasteiger partial charge in [0.25, 0.3) is 0 Å². The van der Waals surface area contributed by atoms with Gasteiger partial charge in [0.05, 0.1) is 39.9 Å². The van der Waals surface area contributed by atoms with Gasteiger partial charge in [-0.05, 0) is 12.8 Å². The number of aliphatic hydroxyl groups excluding tert-OH is 1. The van der Waals surface area contributed by atoms with Crippen molar-refractivity contribution in [3.05, 3.63) is 0 Å². The Kier molecular flexibility index (Phi) is 43.4. The minimum absolute atomic E-state index is 0.0788. The van der Waals surface area contributed by atoms with E-state index in [9.17, 15) is 19.4 Å². The van der Waals surface area contributed by atoms with Crippen LogP contribution in [0.2, 0.25) is 0 Å². The molecule has 0 heterocycles. The molecule has 0 fully saturated rings. The lowest BCUT2D eigenvalue weighted by Crippen LogP contribution is -2.46. The van der Waals surface area contributed by atoms with E-state index in [1.807, 2.05) is 21.1 Å². The van der Waals surface area contributed by atoms with Crippen LogP contribution in [0, 0.1) is 0 Å². The van der Waals surface area contributed by atoms with Crippen LogP contribution in [0.3, 0.4) is 0 Å². The number of quaternary nitrogens is 1. The number of unbranched alkanes of at least 4 members (excludes halogenated alkanes) is 36. The third kappa shape index (κ3) is 45.5. The summed E-state index contributed by atoms with van der Waals surface area (Å²) in [5.74, 6) is -0.138. The van der Waals surface area contributed by atoms with Crippen molar-refractivity contribution in [1.29, 1.82) is 0 Å². The van der Waals surface area contributed by atoms with E-state index in [0.717, 1.165) is 38.5 Å². The summed E-state index contributed by atoms with van der Waals surface area (Å²) in [6.45, 7) is 4.93. The van der Waals surface area contributed by atoms with E-state index in [-0.39, 0.29) is 19.1 Å². The van der Waals surface area contributed by atoms with Crippen molar-refractivity contribution >= 4 is 13.7 Å². The Morgan fingerprint density at radius 1 is 0.500 bits per heavy atom. The van der Waals surface area contributed by atoms with Crippen LogP contribution in [0.5, 0.6) is 0 Å². The molecule has 8 nitrogen and oxygen atoms in total. The maximum absolute atomic E-state index is 12.9. The van der Waals surface area contributed by atoms with Gasteiger partial charge in [0, 0.05) is 6.42 Å². The van der Waals surface area contributed by atoms with Gasteiger partial charge in [-0.25, -0.2) is 4.57 Å². The summed E-state index contributed by atoms with van der Waals surface area (Å²) in [6.07, 6.45) is 50.0. The van der Waals surface area contributed by atoms with Crippen LogP contribution in [0.25, 0.3) is 0 Å². The van der Waals surface area contributed by atoms with Gasteiger partial charge in [-0.2, -0.15) is 0 Å². The normalized spacial score (nSPS) is 14.1. The molecule has 3 atom stereocenters. The molecule has 0 aliphatic carbocycles. The zero-order valence-electron chi connectivity index (χ0n) is 41.0. The fourth-order valence-electron chi connectivity index (χ4n) is 8.17. The Morgan fingerprint density at radius 3 is 1.12 bits per heavy atom. The van der Waals surface area contributed by atoms with E-state index >= 15 is 0 Å². The number of hydrogen-bond acceptors (Lipinski definition) is 5. The summed E-state index contributed by atoms with van der Waals surface area (Å²) in [5.41, 5.74) is 0. The Labute approximate surface area is 374 Å². The Bertz CT molecular complexity index is 947. The number of carbonyl (C=O) groups is 1. The average molecular weight is 874 g/mol. The zero-order chi connectivity index (χ0) is 44.3. The highest BCUT2D eigenvalue weighted by Gasteiger charge is 2.28. The molecular formula is C51H106N2O6P+. The first-order valence-corrected chi connectivity index (χ1v) is 27.9. The molecule has 0 saturated carbocycles. The first-order valence-electron chi connectivity index (χ1n) is 26.4. The summed E-state index contributed by atoms with van der Waals surface area (Å²) in [5, 5.41) is 14.0. The van der Waals surface area contributed by atoms with Gasteiger partial charge in [-0.15, -0.1) is 0 Å². The van der Waals surface area contributed by atoms with Crippen LogP contribution >= 0.6 is 7.82 Å². The van der Waals surface area contributed by atoms with Crippen molar-refractivity contribution in [2.24, 2.45) is 0 Å². The van der Waals surface area contributed by atoms with Gasteiger partial charge in [0.2, 0.25) is 5.91 Å². The molecule has 0 bridgehead atoms. The van der Waals surface area contributed by atoms with Crippen LogP contribution in [-0.2, 0) is 18.4 Å². The third-order valence-corrected chi connectivity index (χ3v) is 13.3. The number of phosphoric ester groups is 1. The van der Waals surface area contributed by atoms with Crippen LogP contribution in [0.1, 0.15) is 271 Å². The molecule has 1 amide bonds. The summed E-state index contributed by atoms with van der Waals surface area (Å²) in [7, 11) is 1.63. The molecule has 0 saturated heterocycles. The molecule has 60 heavy (non-hydrogen) atoms. The smallest absolute Gasteiger partial charge is 0.391 e. The Morgan fingerprint density at radius 2 is 0.800 bits per heavy atom. The van der Waals surface area contributed by atoms with Crippen molar-refractivity contribution in [2.45, 2.75) is 283 Å². The molecule has 0 aromatic heterocycles. The first kappa shape index (κ1) is 59.5. The van der Waals surface area contributed by atoms with Crippen molar-refractivity contribution in [3.8, 4) is 0 Å². The molecular weight excluding hydrogens is 768 g/mol. The standard InChI is InChI=1S/C51H105N2O6P/c1-6-8-10-12-14-16-18-20-22-23-24-25-26-27-28-29-30-31-33-35-37-39-41-43-45-51(55)52-49(48-59-60(56,57)58-47-46-53(3,4)5)50(54)44-42-40-38-36-34-32-21-19-17-15-13-11-9-7-2/h49-50,54H,6-48H2,1-5H3,(H-,52,55,56,57)/p+1/t49-,50+/m0/s1. The van der Waals surface area contributed by atoms with Crippen LogP contribution in [-0.4, -0.2) is 73.4 Å². The minimum Gasteiger partial charge on any atom is -0.391 e. The molecule has 0 aliphatic rings. The van der Waals surface area contributed by atoms with Gasteiger partial charge < -0.3 is 19.8 Å². The van der Waals surface area contributed by atoms with Gasteiger partial charge in [-0.3, -0.25) is 13.8 Å². The van der Waals surface area contributed by atoms with E-state index < -0.39 is 20.0 Å². The summed E-state index contributed by atoms with van der Waals surface area (Å²) < 4.78 is 23.7. The van der Waals surface area contributed by atoms with Crippen molar-refractivity contribution < 1.29 is 32.9 Å². The molecule has 1 unspecified atom stereocenters. The SMILES string of the molecule is CCCCCCCCCCCCCCCCCCCCCCCCCCC(=O)N[C@@H](COP(=O)(O)OCC[N+](C)(C)C)[C@H](O)CCCCCCCCCCCCCCCC. The van der Waals surface area contributed by atoms with E-state index in [1.165, 1.54) is 205 Å². The largest absolute Gasteiger partial charge is 0.472 e. The summed E-state index contributed by atoms with van der Waals surface area (Å²) in [6, 6.07) is -0.753. The average Bonchev–Trinajstić information content (AvgIpc) is 3.20. The number of phosphoric acid groups is 1. The van der Waals surface area contributed by atoms with Gasteiger partial charge >= 0.3 is 7.82 Å². The lowest BCUT2D eigenvalue weighted by Gasteiger charge is -2.26. The number of nitrogens with one attached hydrogen (secondary N) is 1.